The summed E-state index contributed by atoms with van der Waals surface area (Å²) in [6.45, 7) is 10.2. The first-order valence-electron chi connectivity index (χ1n) is 10.00. The summed E-state index contributed by atoms with van der Waals surface area (Å²) in [5, 5.41) is 0. The van der Waals surface area contributed by atoms with Crippen LogP contribution >= 0.6 is 37.9 Å². The Morgan fingerprint density at radius 2 is 0.800 bits per heavy atom. The molecule has 6 unspecified atom stereocenters. The second kappa shape index (κ2) is 12.4. The molecule has 0 saturated carbocycles. The molecule has 1 heterocycles. The average Bonchev–Trinajstić information content (AvgIpc) is 2.67. The van der Waals surface area contributed by atoms with Crippen LogP contribution in [0.25, 0.3) is 0 Å². The molecule has 12 heteroatoms. The molecule has 174 valence electrons. The van der Waals surface area contributed by atoms with Crippen LogP contribution in [0.4, 0.5) is 0 Å². The van der Waals surface area contributed by atoms with Gasteiger partial charge in [-0.15, -0.1) is 37.9 Å². The number of aromatic nitrogens is 3. The average molecular weight is 484 g/mol. The Kier molecular flexibility index (Phi) is 11.3. The number of hydrogen-bond acceptors (Lipinski definition) is 9. The summed E-state index contributed by atoms with van der Waals surface area (Å²) in [4.78, 5) is 39.4. The molecule has 1 aromatic heterocycles. The van der Waals surface area contributed by atoms with Crippen LogP contribution in [0.1, 0.15) is 79.5 Å². The predicted octanol–water partition coefficient (Wildman–Crippen LogP) is 2.77. The Bertz CT molecular complexity index is 715. The van der Waals surface area contributed by atoms with Crippen molar-refractivity contribution < 1.29 is 14.2 Å². The number of hydrogen-bond donors (Lipinski definition) is 3. The van der Waals surface area contributed by atoms with Crippen LogP contribution in [-0.2, 0) is 14.2 Å². The molecule has 0 fully saturated rings. The van der Waals surface area contributed by atoms with E-state index in [2.05, 4.69) is 37.9 Å². The zero-order valence-electron chi connectivity index (χ0n) is 18.2. The van der Waals surface area contributed by atoms with Crippen molar-refractivity contribution in [2.75, 3.05) is 0 Å². The molecule has 0 amide bonds. The summed E-state index contributed by atoms with van der Waals surface area (Å²) < 4.78 is 19.5. The molecular weight excluding hydrogens is 450 g/mol. The van der Waals surface area contributed by atoms with Crippen LogP contribution in [0.5, 0.6) is 0 Å². The predicted molar refractivity (Wildman–Crippen MR) is 126 cm³/mol. The molecule has 30 heavy (non-hydrogen) atoms. The Balaban J connectivity index is 3.70. The van der Waals surface area contributed by atoms with E-state index in [1.54, 1.807) is 20.8 Å². The zero-order chi connectivity index (χ0) is 23.2. The second-order valence-corrected chi connectivity index (χ2v) is 8.48. The van der Waals surface area contributed by atoms with Crippen LogP contribution < -0.4 is 17.1 Å². The van der Waals surface area contributed by atoms with E-state index in [0.29, 0.717) is 19.3 Å². The van der Waals surface area contributed by atoms with Crippen molar-refractivity contribution in [2.24, 2.45) is 0 Å². The van der Waals surface area contributed by atoms with Crippen LogP contribution in [0.15, 0.2) is 14.4 Å². The first-order chi connectivity index (χ1) is 14.0. The van der Waals surface area contributed by atoms with Gasteiger partial charge in [-0.25, -0.2) is 28.1 Å². The third-order valence-corrected chi connectivity index (χ3v) is 5.90. The van der Waals surface area contributed by atoms with Gasteiger partial charge in [-0.1, -0.05) is 20.8 Å². The molecule has 9 nitrogen and oxygen atoms in total. The largest absolute Gasteiger partial charge is 0.344 e. The maximum absolute atomic E-state index is 13.1. The fraction of sp³-hybridized carbons (Fsp3) is 0.833. The van der Waals surface area contributed by atoms with Crippen molar-refractivity contribution in [3.05, 3.63) is 31.5 Å². The highest BCUT2D eigenvalue weighted by Crippen LogP contribution is 2.16. The lowest BCUT2D eigenvalue weighted by molar-refractivity contribution is -0.0408. The molecule has 1 rings (SSSR count). The van der Waals surface area contributed by atoms with E-state index in [-0.39, 0.29) is 0 Å². The first kappa shape index (κ1) is 27.4. The van der Waals surface area contributed by atoms with E-state index in [4.69, 9.17) is 14.2 Å². The van der Waals surface area contributed by atoms with E-state index in [9.17, 15) is 14.4 Å². The minimum absolute atomic E-state index is 0.494. The quantitative estimate of drug-likeness (QED) is 0.313. The molecular formula is C18H33N3O6S3. The van der Waals surface area contributed by atoms with Crippen molar-refractivity contribution in [2.45, 2.75) is 95.8 Å². The van der Waals surface area contributed by atoms with Crippen molar-refractivity contribution in [1.82, 2.24) is 13.7 Å². The number of rotatable bonds is 12. The summed E-state index contributed by atoms with van der Waals surface area (Å²) in [6, 6.07) is 0. The van der Waals surface area contributed by atoms with Gasteiger partial charge < -0.3 is 14.2 Å². The van der Waals surface area contributed by atoms with Gasteiger partial charge in [-0.2, -0.15) is 0 Å². The van der Waals surface area contributed by atoms with E-state index in [1.165, 1.54) is 0 Å². The third-order valence-electron chi connectivity index (χ3n) is 4.44. The highest BCUT2D eigenvalue weighted by atomic mass is 32.1. The zero-order valence-corrected chi connectivity index (χ0v) is 20.9. The summed E-state index contributed by atoms with van der Waals surface area (Å²) in [5.74, 6) is 0. The highest BCUT2D eigenvalue weighted by molar-refractivity contribution is 7.81. The second-order valence-electron chi connectivity index (χ2n) is 6.75. The molecule has 0 spiro atoms. The van der Waals surface area contributed by atoms with E-state index < -0.39 is 52.1 Å². The lowest BCUT2D eigenvalue weighted by Crippen LogP contribution is -2.57. The van der Waals surface area contributed by atoms with Gasteiger partial charge in [0, 0.05) is 0 Å². The van der Waals surface area contributed by atoms with Gasteiger partial charge in [0.25, 0.3) is 0 Å². The normalized spacial score (nSPS) is 17.9. The van der Waals surface area contributed by atoms with Crippen molar-refractivity contribution >= 4 is 37.9 Å². The highest BCUT2D eigenvalue weighted by Gasteiger charge is 2.27. The Morgan fingerprint density at radius 1 is 0.600 bits per heavy atom. The molecule has 0 bridgehead atoms. The van der Waals surface area contributed by atoms with Gasteiger partial charge in [-0.05, 0) is 40.0 Å². The molecule has 0 radical (unpaired) electrons. The molecule has 0 saturated heterocycles. The van der Waals surface area contributed by atoms with Gasteiger partial charge in [-0.3, -0.25) is 0 Å². The van der Waals surface area contributed by atoms with Gasteiger partial charge in [0.05, 0.1) is 0 Å². The van der Waals surface area contributed by atoms with Gasteiger partial charge in [0.1, 0.15) is 35.0 Å². The van der Waals surface area contributed by atoms with Crippen LogP contribution in [0.2, 0.25) is 0 Å². The van der Waals surface area contributed by atoms with Crippen molar-refractivity contribution in [3.8, 4) is 0 Å². The number of thiol groups is 3. The Morgan fingerprint density at radius 3 is 0.967 bits per heavy atom. The SMILES string of the molecule is CCC(S)OC(C)n1c(=O)n(C(C)OC(S)CC)c(=O)n(C(C)OC(S)CC)c1=O. The van der Waals surface area contributed by atoms with Crippen molar-refractivity contribution in [1.29, 1.82) is 0 Å². The molecule has 0 aliphatic carbocycles. The summed E-state index contributed by atoms with van der Waals surface area (Å²) in [7, 11) is 0. The fourth-order valence-corrected chi connectivity index (χ4v) is 3.21. The summed E-state index contributed by atoms with van der Waals surface area (Å²) in [6.07, 6.45) is -1.23. The monoisotopic (exact) mass is 483 g/mol. The Hall–Kier alpha value is -0.660. The van der Waals surface area contributed by atoms with Crippen LogP contribution in [0.3, 0.4) is 0 Å². The topological polar surface area (TPSA) is 93.7 Å². The van der Waals surface area contributed by atoms with Crippen LogP contribution in [-0.4, -0.2) is 30.0 Å². The smallest absolute Gasteiger partial charge is 0.340 e. The molecule has 6 atom stereocenters. The third kappa shape index (κ3) is 6.67. The molecule has 0 N–H and O–H groups in total. The lowest BCUT2D eigenvalue weighted by Gasteiger charge is -2.26. The summed E-state index contributed by atoms with van der Waals surface area (Å²) >= 11 is 12.8. The van der Waals surface area contributed by atoms with Gasteiger partial charge in [0.15, 0.2) is 0 Å². The molecule has 0 aliphatic heterocycles. The molecule has 0 aliphatic rings. The van der Waals surface area contributed by atoms with Crippen LogP contribution in [0, 0.1) is 0 Å². The van der Waals surface area contributed by atoms with Crippen molar-refractivity contribution in [3.63, 3.8) is 0 Å². The minimum atomic E-state index is -0.971. The first-order valence-corrected chi connectivity index (χ1v) is 11.5. The van der Waals surface area contributed by atoms with E-state index in [1.807, 2.05) is 20.8 Å². The van der Waals surface area contributed by atoms with Gasteiger partial charge >= 0.3 is 17.1 Å². The number of ether oxygens (including phenoxy) is 3. The maximum atomic E-state index is 13.1. The molecule has 0 aromatic carbocycles. The standard InChI is InChI=1S/C18H33N3O6S3/c1-7-13(28)25-10(4)19-16(22)20(11(5)26-14(29)8-2)18(24)21(17(19)23)12(6)27-15(30)9-3/h10-15,28-30H,7-9H2,1-6H3. The lowest BCUT2D eigenvalue weighted by atomic mass is 10.5. The molecule has 1 aromatic rings. The minimum Gasteiger partial charge on any atom is -0.344 e. The maximum Gasteiger partial charge on any atom is 0.340 e. The summed E-state index contributed by atoms with van der Waals surface area (Å²) in [5.41, 5.74) is -4.03. The Labute approximate surface area is 192 Å². The fourth-order valence-electron chi connectivity index (χ4n) is 2.68. The van der Waals surface area contributed by atoms with E-state index >= 15 is 0 Å². The van der Waals surface area contributed by atoms with Gasteiger partial charge in [0.2, 0.25) is 0 Å². The van der Waals surface area contributed by atoms with E-state index in [0.717, 1.165) is 13.7 Å². The number of nitrogens with zero attached hydrogens (tertiary/aromatic N) is 3.